The summed E-state index contributed by atoms with van der Waals surface area (Å²) in [6.07, 6.45) is 5.50. The van der Waals surface area contributed by atoms with E-state index in [4.69, 9.17) is 9.47 Å². The smallest absolute Gasteiger partial charge is 0.270 e. The van der Waals surface area contributed by atoms with Crippen LogP contribution in [0.3, 0.4) is 0 Å². The minimum Gasteiger partial charge on any atom is -0.496 e. The molecule has 6 nitrogen and oxygen atoms in total. The summed E-state index contributed by atoms with van der Waals surface area (Å²) >= 11 is 0. The molecule has 1 atom stereocenters. The van der Waals surface area contributed by atoms with Gasteiger partial charge in [0.25, 0.3) is 5.69 Å². The number of nitro groups is 1. The van der Waals surface area contributed by atoms with E-state index in [2.05, 4.69) is 5.32 Å². The van der Waals surface area contributed by atoms with Gasteiger partial charge in [-0.2, -0.15) is 0 Å². The van der Waals surface area contributed by atoms with Crippen LogP contribution in [0.4, 0.5) is 11.4 Å². The van der Waals surface area contributed by atoms with Crippen LogP contribution in [0.1, 0.15) is 11.1 Å². The standard InChI is InChI=1S/C18H14N2O4/c1-23-17-11-18(19-15-5-3-2-4-14(15)17)9-8-12-10-13(20(21)22)6-7-16(12)24-18/h2-11,19H,1H3. The second kappa shape index (κ2) is 5.13. The number of rotatable bonds is 2. The Bertz CT molecular complexity index is 904. The monoisotopic (exact) mass is 322 g/mol. The molecule has 1 unspecified atom stereocenters. The van der Waals surface area contributed by atoms with E-state index in [1.54, 1.807) is 13.2 Å². The van der Waals surface area contributed by atoms with Crippen LogP contribution in [-0.4, -0.2) is 17.8 Å². The van der Waals surface area contributed by atoms with Crippen LogP contribution in [0.15, 0.2) is 54.6 Å². The Morgan fingerprint density at radius 1 is 1.25 bits per heavy atom. The highest BCUT2D eigenvalue weighted by atomic mass is 16.6. The van der Waals surface area contributed by atoms with Gasteiger partial charge >= 0.3 is 0 Å². The predicted octanol–water partition coefficient (Wildman–Crippen LogP) is 3.81. The van der Waals surface area contributed by atoms with Crippen LogP contribution in [0.2, 0.25) is 0 Å². The third kappa shape index (κ3) is 2.20. The number of anilines is 1. The molecule has 24 heavy (non-hydrogen) atoms. The normalized spacial score (nSPS) is 20.3. The fourth-order valence-electron chi connectivity index (χ4n) is 2.94. The first kappa shape index (κ1) is 14.3. The molecule has 2 aliphatic rings. The van der Waals surface area contributed by atoms with E-state index in [0.717, 1.165) is 11.3 Å². The van der Waals surface area contributed by atoms with Crippen molar-refractivity contribution in [3.63, 3.8) is 0 Å². The minimum absolute atomic E-state index is 0.0352. The predicted molar refractivity (Wildman–Crippen MR) is 90.5 cm³/mol. The highest BCUT2D eigenvalue weighted by Gasteiger charge is 2.36. The second-order valence-electron chi connectivity index (χ2n) is 5.59. The minimum atomic E-state index is -0.886. The first-order valence-electron chi connectivity index (χ1n) is 7.41. The molecule has 2 aromatic rings. The molecule has 0 radical (unpaired) electrons. The van der Waals surface area contributed by atoms with E-state index in [0.29, 0.717) is 17.1 Å². The Labute approximate surface area is 138 Å². The summed E-state index contributed by atoms with van der Waals surface area (Å²) in [7, 11) is 1.62. The average molecular weight is 322 g/mol. The van der Waals surface area contributed by atoms with Gasteiger partial charge in [0.15, 0.2) is 0 Å². The lowest BCUT2D eigenvalue weighted by Gasteiger charge is -2.37. The van der Waals surface area contributed by atoms with Crippen molar-refractivity contribution < 1.29 is 14.4 Å². The van der Waals surface area contributed by atoms with Gasteiger partial charge in [0.05, 0.1) is 12.0 Å². The van der Waals surface area contributed by atoms with Crippen LogP contribution in [0.25, 0.3) is 11.8 Å². The first-order chi connectivity index (χ1) is 11.6. The summed E-state index contributed by atoms with van der Waals surface area (Å²) in [4.78, 5) is 10.5. The summed E-state index contributed by atoms with van der Waals surface area (Å²) in [5.41, 5.74) is 1.67. The van der Waals surface area contributed by atoms with E-state index in [1.165, 1.54) is 12.1 Å². The van der Waals surface area contributed by atoms with Crippen LogP contribution in [0, 0.1) is 10.1 Å². The van der Waals surface area contributed by atoms with Gasteiger partial charge < -0.3 is 14.8 Å². The maximum atomic E-state index is 10.9. The second-order valence-corrected chi connectivity index (χ2v) is 5.59. The molecule has 1 spiro atoms. The van der Waals surface area contributed by atoms with Gasteiger partial charge in [-0.3, -0.25) is 10.1 Å². The molecule has 0 amide bonds. The highest BCUT2D eigenvalue weighted by Crippen LogP contribution is 2.40. The number of benzene rings is 2. The number of nitro benzene ring substituents is 1. The SMILES string of the molecule is COC1=CC2(C=Cc3cc([N+](=O)[O-])ccc3O2)Nc2ccccc21. The maximum Gasteiger partial charge on any atom is 0.270 e. The van der Waals surface area contributed by atoms with Gasteiger partial charge in [-0.1, -0.05) is 12.1 Å². The molecular weight excluding hydrogens is 308 g/mol. The zero-order valence-corrected chi connectivity index (χ0v) is 12.9. The molecular formula is C18H14N2O4. The number of hydrogen-bond acceptors (Lipinski definition) is 5. The number of methoxy groups -OCH3 is 1. The van der Waals surface area contributed by atoms with Gasteiger partial charge in [0.1, 0.15) is 11.5 Å². The fourth-order valence-corrected chi connectivity index (χ4v) is 2.94. The van der Waals surface area contributed by atoms with E-state index in [9.17, 15) is 10.1 Å². The lowest BCUT2D eigenvalue weighted by molar-refractivity contribution is -0.384. The van der Waals surface area contributed by atoms with Gasteiger partial charge in [0, 0.05) is 35.0 Å². The first-order valence-corrected chi connectivity index (χ1v) is 7.41. The molecule has 0 aromatic heterocycles. The van der Waals surface area contributed by atoms with Gasteiger partial charge in [0.2, 0.25) is 5.72 Å². The number of ether oxygens (including phenoxy) is 2. The van der Waals surface area contributed by atoms with Crippen LogP contribution in [0.5, 0.6) is 5.75 Å². The van der Waals surface area contributed by atoms with Crippen molar-refractivity contribution >= 4 is 23.2 Å². The van der Waals surface area contributed by atoms with Crippen molar-refractivity contribution in [1.29, 1.82) is 0 Å². The lowest BCUT2D eigenvalue weighted by atomic mass is 9.97. The molecule has 1 N–H and O–H groups in total. The van der Waals surface area contributed by atoms with Gasteiger partial charge in [-0.05, 0) is 30.4 Å². The maximum absolute atomic E-state index is 10.9. The summed E-state index contributed by atoms with van der Waals surface area (Å²) in [5.74, 6) is 1.28. The number of hydrogen-bond donors (Lipinski definition) is 1. The molecule has 0 saturated carbocycles. The Hall–Kier alpha value is -3.28. The van der Waals surface area contributed by atoms with E-state index >= 15 is 0 Å². The Morgan fingerprint density at radius 2 is 2.08 bits per heavy atom. The van der Waals surface area contributed by atoms with E-state index < -0.39 is 10.6 Å². The molecule has 0 saturated heterocycles. The van der Waals surface area contributed by atoms with Gasteiger partial charge in [-0.15, -0.1) is 0 Å². The van der Waals surface area contributed by atoms with Crippen molar-refractivity contribution in [2.45, 2.75) is 5.72 Å². The Morgan fingerprint density at radius 3 is 2.88 bits per heavy atom. The van der Waals surface area contributed by atoms with E-state index in [1.807, 2.05) is 42.5 Å². The summed E-state index contributed by atoms with van der Waals surface area (Å²) < 4.78 is 11.6. The summed E-state index contributed by atoms with van der Waals surface area (Å²) in [5, 5.41) is 14.3. The number of fused-ring (bicyclic) bond motifs is 2. The highest BCUT2D eigenvalue weighted by molar-refractivity contribution is 5.80. The lowest BCUT2D eigenvalue weighted by Crippen LogP contribution is -2.44. The van der Waals surface area contributed by atoms with Crippen LogP contribution < -0.4 is 10.1 Å². The number of para-hydroxylation sites is 1. The zero-order chi connectivity index (χ0) is 16.7. The number of nitrogens with zero attached hydrogens (tertiary/aromatic N) is 1. The molecule has 4 rings (SSSR count). The molecule has 0 bridgehead atoms. The quantitative estimate of drug-likeness (QED) is 0.672. The van der Waals surface area contributed by atoms with Crippen LogP contribution >= 0.6 is 0 Å². The van der Waals surface area contributed by atoms with Crippen molar-refractivity contribution in [2.24, 2.45) is 0 Å². The third-order valence-corrected chi connectivity index (χ3v) is 4.08. The molecule has 6 heteroatoms. The van der Waals surface area contributed by atoms with Crippen molar-refractivity contribution in [3.05, 3.63) is 75.9 Å². The number of non-ortho nitro benzene ring substituents is 1. The van der Waals surface area contributed by atoms with Gasteiger partial charge in [-0.25, -0.2) is 0 Å². The fraction of sp³-hybridized carbons (Fsp3) is 0.111. The summed E-state index contributed by atoms with van der Waals surface area (Å²) in [6, 6.07) is 12.3. The Balaban J connectivity index is 1.76. The third-order valence-electron chi connectivity index (χ3n) is 4.08. The van der Waals surface area contributed by atoms with E-state index in [-0.39, 0.29) is 5.69 Å². The number of nitrogens with one attached hydrogen (secondary N) is 1. The van der Waals surface area contributed by atoms with Crippen LogP contribution in [-0.2, 0) is 4.74 Å². The summed E-state index contributed by atoms with van der Waals surface area (Å²) in [6.45, 7) is 0. The molecule has 120 valence electrons. The zero-order valence-electron chi connectivity index (χ0n) is 12.9. The van der Waals surface area contributed by atoms with Crippen molar-refractivity contribution in [2.75, 3.05) is 12.4 Å². The molecule has 2 aromatic carbocycles. The molecule has 0 aliphatic carbocycles. The Kier molecular flexibility index (Phi) is 3.06. The topological polar surface area (TPSA) is 73.6 Å². The van der Waals surface area contributed by atoms with Crippen molar-refractivity contribution in [3.8, 4) is 5.75 Å². The molecule has 2 heterocycles. The average Bonchev–Trinajstić information content (AvgIpc) is 2.60. The molecule has 0 fully saturated rings. The molecule has 2 aliphatic heterocycles. The van der Waals surface area contributed by atoms with Crippen molar-refractivity contribution in [1.82, 2.24) is 0 Å². The largest absolute Gasteiger partial charge is 0.496 e.